The van der Waals surface area contributed by atoms with Crippen molar-refractivity contribution in [1.82, 2.24) is 0 Å². The Morgan fingerprint density at radius 2 is 1.53 bits per heavy atom. The first kappa shape index (κ1) is 19.7. The molecule has 0 saturated heterocycles. The molecule has 8 heteroatoms. The van der Waals surface area contributed by atoms with E-state index in [0.717, 1.165) is 16.7 Å². The molecule has 0 bridgehead atoms. The van der Waals surface area contributed by atoms with E-state index in [1.807, 2.05) is 91.0 Å². The van der Waals surface area contributed by atoms with Gasteiger partial charge in [0.25, 0.3) is 0 Å². The highest BCUT2D eigenvalue weighted by molar-refractivity contribution is 6.83. The number of fused-ring (bicyclic) bond motifs is 1. The van der Waals surface area contributed by atoms with Gasteiger partial charge < -0.3 is 9.31 Å². The molecule has 5 rings (SSSR count). The van der Waals surface area contributed by atoms with Crippen molar-refractivity contribution in [2.45, 2.75) is 13.3 Å². The Balaban J connectivity index is 1.57. The molecule has 0 aliphatic carbocycles. The predicted octanol–water partition coefficient (Wildman–Crippen LogP) is 2.92. The molecule has 1 N–H and O–H groups in total. The summed E-state index contributed by atoms with van der Waals surface area (Å²) >= 11 is 0. The Hall–Kier alpha value is -4.20. The number of benzene rings is 3. The molecule has 32 heavy (non-hydrogen) atoms. The number of carbonyl (C=O) groups is 1. The van der Waals surface area contributed by atoms with Crippen LogP contribution in [0.5, 0.6) is 0 Å². The van der Waals surface area contributed by atoms with E-state index in [0.29, 0.717) is 18.0 Å². The summed E-state index contributed by atoms with van der Waals surface area (Å²) in [5.74, 6) is -0.0910. The van der Waals surface area contributed by atoms with Gasteiger partial charge in [-0.2, -0.15) is 5.10 Å². The lowest BCUT2D eigenvalue weighted by atomic mass is 9.62. The van der Waals surface area contributed by atoms with Gasteiger partial charge in [0, 0.05) is 6.92 Å². The Morgan fingerprint density at radius 3 is 2.22 bits per heavy atom. The van der Waals surface area contributed by atoms with Crippen LogP contribution in [0.2, 0.25) is 0 Å². The maximum absolute atomic E-state index is 13.1. The monoisotopic (exact) mass is 424 g/mol. The lowest BCUT2D eigenvalue weighted by Gasteiger charge is -2.32. The van der Waals surface area contributed by atoms with Gasteiger partial charge in [-0.3, -0.25) is 5.43 Å². The third kappa shape index (κ3) is 3.56. The maximum Gasteiger partial charge on any atom is 0.712 e. The first-order valence-corrected chi connectivity index (χ1v) is 10.4. The summed E-state index contributed by atoms with van der Waals surface area (Å²) in [5.41, 5.74) is 6.15. The minimum atomic E-state index is -2.35. The number of nitrogens with one attached hydrogen (secondary N) is 1. The van der Waals surface area contributed by atoms with E-state index in [-0.39, 0.29) is 5.71 Å². The smallest absolute Gasteiger partial charge is 0.603 e. The maximum atomic E-state index is 13.1. The van der Waals surface area contributed by atoms with Crippen LogP contribution in [0.25, 0.3) is 0 Å². The van der Waals surface area contributed by atoms with E-state index in [2.05, 4.69) is 10.5 Å². The minimum Gasteiger partial charge on any atom is -0.603 e. The topological polar surface area (TPSA) is 75.3 Å². The van der Waals surface area contributed by atoms with Crippen molar-refractivity contribution < 1.29 is 18.7 Å². The van der Waals surface area contributed by atoms with Crippen molar-refractivity contribution >= 4 is 41.1 Å². The summed E-state index contributed by atoms with van der Waals surface area (Å²) in [6.07, 6.45) is 0.479. The van der Waals surface area contributed by atoms with Crippen molar-refractivity contribution in [3.63, 3.8) is 0 Å². The van der Waals surface area contributed by atoms with Gasteiger partial charge in [0.1, 0.15) is 0 Å². The highest BCUT2D eigenvalue weighted by atomic mass is 16.7. The summed E-state index contributed by atoms with van der Waals surface area (Å²) in [5, 5.41) is 9.02. The van der Waals surface area contributed by atoms with Gasteiger partial charge in [0.2, 0.25) is 11.6 Å². The quantitative estimate of drug-likeness (QED) is 0.505. The number of para-hydroxylation sites is 1. The van der Waals surface area contributed by atoms with Gasteiger partial charge in [0.05, 0.1) is 12.1 Å². The van der Waals surface area contributed by atoms with Crippen LogP contribution >= 0.6 is 0 Å². The molecule has 1 atom stereocenters. The van der Waals surface area contributed by atoms with Crippen LogP contribution in [0.3, 0.4) is 0 Å². The van der Waals surface area contributed by atoms with E-state index in [1.54, 1.807) is 11.5 Å². The molecule has 0 aromatic heterocycles. The molecule has 1 unspecified atom stereocenters. The molecular weight excluding hydrogens is 403 g/mol. The van der Waals surface area contributed by atoms with E-state index < -0.39 is 12.7 Å². The third-order valence-electron chi connectivity index (χ3n) is 5.47. The van der Waals surface area contributed by atoms with Crippen molar-refractivity contribution in [3.8, 4) is 0 Å². The second-order valence-electron chi connectivity index (χ2n) is 7.63. The first-order valence-electron chi connectivity index (χ1n) is 10.4. The zero-order chi connectivity index (χ0) is 22.0. The molecule has 0 saturated carbocycles. The van der Waals surface area contributed by atoms with E-state index in [1.165, 1.54) is 0 Å². The predicted molar refractivity (Wildman–Crippen MR) is 125 cm³/mol. The zero-order valence-corrected chi connectivity index (χ0v) is 17.5. The summed E-state index contributed by atoms with van der Waals surface area (Å²) in [7, 11) is 0. The van der Waals surface area contributed by atoms with Crippen LogP contribution in [0.1, 0.15) is 12.5 Å². The fourth-order valence-electron chi connectivity index (χ4n) is 3.90. The standard InChI is InChI=1S/C24H21BN4O3/c1-18-23(27-26-21-15-9-4-10-16-21)24(30)32-25(20-13-7-3-8-14-20)29(18)28-22(31-25)17-19-11-5-2-6-12-19/h2-16,26H,17H2,1H3/b27-23-. The van der Waals surface area contributed by atoms with E-state index in [4.69, 9.17) is 14.4 Å². The van der Waals surface area contributed by atoms with Crippen LogP contribution in [-0.2, 0) is 20.5 Å². The highest BCUT2D eigenvalue weighted by Gasteiger charge is 2.61. The molecule has 0 fully saturated rings. The van der Waals surface area contributed by atoms with Crippen molar-refractivity contribution in [3.05, 3.63) is 96.6 Å². The Morgan fingerprint density at radius 1 is 0.906 bits per heavy atom. The first-order chi connectivity index (χ1) is 15.7. The van der Waals surface area contributed by atoms with Crippen LogP contribution in [0.15, 0.2) is 101 Å². The number of hydrazone groups is 2. The normalized spacial score (nSPS) is 21.0. The molecule has 2 heterocycles. The van der Waals surface area contributed by atoms with Gasteiger partial charge in [0.15, 0.2) is 5.71 Å². The second-order valence-corrected chi connectivity index (χ2v) is 7.63. The van der Waals surface area contributed by atoms with Gasteiger partial charge in [-0.15, -0.1) is 0 Å². The number of anilines is 1. The molecule has 158 valence electrons. The van der Waals surface area contributed by atoms with Crippen molar-refractivity contribution in [1.29, 1.82) is 0 Å². The zero-order valence-electron chi connectivity index (χ0n) is 17.5. The highest BCUT2D eigenvalue weighted by Crippen LogP contribution is 2.24. The molecule has 0 spiro atoms. The van der Waals surface area contributed by atoms with Crippen LogP contribution < -0.4 is 10.9 Å². The molecule has 7 nitrogen and oxygen atoms in total. The van der Waals surface area contributed by atoms with Crippen LogP contribution in [0, 0.1) is 0 Å². The SMILES string of the molecule is CC1=[N+]2N=C(Cc3ccccc3)O[B-]2(c2ccccc2)OC(=O)/C1=N\Nc1ccccc1. The summed E-state index contributed by atoms with van der Waals surface area (Å²) in [6, 6.07) is 28.7. The summed E-state index contributed by atoms with van der Waals surface area (Å²) in [6.45, 7) is -0.553. The second kappa shape index (κ2) is 8.15. The fourth-order valence-corrected chi connectivity index (χ4v) is 3.90. The Bertz CT molecular complexity index is 1240. The molecule has 0 radical (unpaired) electrons. The van der Waals surface area contributed by atoms with Crippen LogP contribution in [-0.4, -0.2) is 34.6 Å². The number of nitrogens with zero attached hydrogens (tertiary/aromatic N) is 3. The van der Waals surface area contributed by atoms with Crippen molar-refractivity contribution in [2.75, 3.05) is 5.43 Å². The van der Waals surface area contributed by atoms with Crippen LogP contribution in [0.4, 0.5) is 5.69 Å². The van der Waals surface area contributed by atoms with Gasteiger partial charge in [-0.05, 0) is 28.3 Å². The molecule has 3 aromatic carbocycles. The lowest BCUT2D eigenvalue weighted by molar-refractivity contribution is -0.421. The van der Waals surface area contributed by atoms with Gasteiger partial charge in [-0.25, -0.2) is 9.39 Å². The lowest BCUT2D eigenvalue weighted by Crippen LogP contribution is -2.66. The average Bonchev–Trinajstić information content (AvgIpc) is 3.20. The fraction of sp³-hybridized carbons (Fsp3) is 0.0833. The van der Waals surface area contributed by atoms with E-state index >= 15 is 0 Å². The molecular formula is C24H21BN4O3. The number of carbonyl (C=O) groups excluding carboxylic acids is 1. The minimum absolute atomic E-state index is 0.149. The summed E-state index contributed by atoms with van der Waals surface area (Å²) < 4.78 is 13.9. The number of rotatable bonds is 5. The van der Waals surface area contributed by atoms with Gasteiger partial charge in [-0.1, -0.05) is 78.9 Å². The molecule has 0 amide bonds. The molecule has 2 aliphatic heterocycles. The Kier molecular flexibility index (Phi) is 5.03. The molecule has 3 aromatic rings. The largest absolute Gasteiger partial charge is 0.712 e. The Labute approximate surface area is 185 Å². The van der Waals surface area contributed by atoms with Crippen molar-refractivity contribution in [2.24, 2.45) is 10.2 Å². The molecule has 2 aliphatic rings. The third-order valence-corrected chi connectivity index (χ3v) is 5.47. The number of hydrogen-bond donors (Lipinski definition) is 1. The summed E-state index contributed by atoms with van der Waals surface area (Å²) in [4.78, 5) is 13.1. The van der Waals surface area contributed by atoms with Gasteiger partial charge >= 0.3 is 12.7 Å². The van der Waals surface area contributed by atoms with E-state index in [9.17, 15) is 4.79 Å². The average molecular weight is 424 g/mol. The number of hydrogen-bond acceptors (Lipinski definition) is 6.